The van der Waals surface area contributed by atoms with Crippen LogP contribution in [0.2, 0.25) is 0 Å². The molecule has 0 bridgehead atoms. The van der Waals surface area contributed by atoms with E-state index < -0.39 is 17.5 Å². The lowest BCUT2D eigenvalue weighted by Crippen LogP contribution is -2.28. The first-order valence-corrected chi connectivity index (χ1v) is 7.07. The maximum atomic E-state index is 13.0. The van der Waals surface area contributed by atoms with Crippen LogP contribution in [0.5, 0.6) is 5.75 Å². The van der Waals surface area contributed by atoms with Crippen molar-refractivity contribution in [3.8, 4) is 5.75 Å². The summed E-state index contributed by atoms with van der Waals surface area (Å²) in [6, 6.07) is 12.4. The number of aliphatic hydroxyl groups excluding tert-OH is 1. The Kier molecular flexibility index (Phi) is 5.49. The van der Waals surface area contributed by atoms with E-state index in [1.54, 1.807) is 0 Å². The SMILES string of the molecule is O=C(NC(CCCO)c1ccccc1)c1ccc(F)cc1O. The Balaban J connectivity index is 2.17. The molecule has 1 unspecified atom stereocenters. The largest absolute Gasteiger partial charge is 0.507 e. The molecule has 22 heavy (non-hydrogen) atoms. The Labute approximate surface area is 128 Å². The fourth-order valence-electron chi connectivity index (χ4n) is 2.24. The maximum Gasteiger partial charge on any atom is 0.255 e. The molecule has 0 aliphatic carbocycles. The number of rotatable bonds is 6. The molecule has 1 atom stereocenters. The molecular weight excluding hydrogens is 285 g/mol. The number of carbonyl (C=O) groups is 1. The summed E-state index contributed by atoms with van der Waals surface area (Å²) in [5.74, 6) is -1.48. The van der Waals surface area contributed by atoms with Crippen molar-refractivity contribution >= 4 is 5.91 Å². The number of halogens is 1. The lowest BCUT2D eigenvalue weighted by atomic mass is 10.0. The van der Waals surface area contributed by atoms with Gasteiger partial charge in [-0.3, -0.25) is 4.79 Å². The van der Waals surface area contributed by atoms with Crippen LogP contribution in [0.3, 0.4) is 0 Å². The van der Waals surface area contributed by atoms with Gasteiger partial charge in [-0.2, -0.15) is 0 Å². The van der Waals surface area contributed by atoms with Crippen LogP contribution in [-0.2, 0) is 0 Å². The van der Waals surface area contributed by atoms with Crippen molar-refractivity contribution in [1.82, 2.24) is 5.32 Å². The lowest BCUT2D eigenvalue weighted by molar-refractivity contribution is 0.0929. The fourth-order valence-corrected chi connectivity index (χ4v) is 2.24. The first-order valence-electron chi connectivity index (χ1n) is 7.07. The van der Waals surface area contributed by atoms with E-state index in [0.717, 1.165) is 17.7 Å². The molecule has 0 aromatic heterocycles. The number of hydrogen-bond acceptors (Lipinski definition) is 3. The van der Waals surface area contributed by atoms with Gasteiger partial charge in [-0.15, -0.1) is 0 Å². The molecule has 1 amide bonds. The van der Waals surface area contributed by atoms with Crippen LogP contribution in [-0.4, -0.2) is 22.7 Å². The maximum absolute atomic E-state index is 13.0. The minimum absolute atomic E-state index is 0.0197. The van der Waals surface area contributed by atoms with Gasteiger partial charge in [0.05, 0.1) is 11.6 Å². The highest BCUT2D eigenvalue weighted by Gasteiger charge is 2.18. The summed E-state index contributed by atoms with van der Waals surface area (Å²) < 4.78 is 13.0. The van der Waals surface area contributed by atoms with E-state index in [-0.39, 0.29) is 18.2 Å². The van der Waals surface area contributed by atoms with E-state index in [0.29, 0.717) is 12.8 Å². The second kappa shape index (κ2) is 7.56. The van der Waals surface area contributed by atoms with Gasteiger partial charge in [0.15, 0.2) is 0 Å². The highest BCUT2D eigenvalue weighted by atomic mass is 19.1. The summed E-state index contributed by atoms with van der Waals surface area (Å²) in [5.41, 5.74) is 0.928. The normalized spacial score (nSPS) is 11.9. The molecule has 3 N–H and O–H groups in total. The van der Waals surface area contributed by atoms with Crippen LogP contribution in [0.25, 0.3) is 0 Å². The van der Waals surface area contributed by atoms with Gasteiger partial charge in [0.1, 0.15) is 11.6 Å². The van der Waals surface area contributed by atoms with Crippen LogP contribution in [0, 0.1) is 5.82 Å². The van der Waals surface area contributed by atoms with Crippen molar-refractivity contribution in [3.63, 3.8) is 0 Å². The van der Waals surface area contributed by atoms with E-state index in [1.165, 1.54) is 6.07 Å². The molecule has 2 aromatic rings. The van der Waals surface area contributed by atoms with E-state index in [2.05, 4.69) is 5.32 Å². The van der Waals surface area contributed by atoms with Gasteiger partial charge in [0.2, 0.25) is 0 Å². The Morgan fingerprint density at radius 3 is 2.55 bits per heavy atom. The predicted octanol–water partition coefficient (Wildman–Crippen LogP) is 2.77. The Bertz CT molecular complexity index is 631. The molecule has 5 heteroatoms. The van der Waals surface area contributed by atoms with Crippen molar-refractivity contribution in [2.24, 2.45) is 0 Å². The van der Waals surface area contributed by atoms with Gasteiger partial charge < -0.3 is 15.5 Å². The zero-order chi connectivity index (χ0) is 15.9. The molecule has 0 fully saturated rings. The minimum atomic E-state index is -0.603. The Morgan fingerprint density at radius 1 is 1.18 bits per heavy atom. The Morgan fingerprint density at radius 2 is 1.91 bits per heavy atom. The summed E-state index contributed by atoms with van der Waals surface area (Å²) in [6.07, 6.45) is 1.10. The highest BCUT2D eigenvalue weighted by Crippen LogP contribution is 2.22. The quantitative estimate of drug-likeness (QED) is 0.768. The third-order valence-electron chi connectivity index (χ3n) is 3.36. The number of phenolic OH excluding ortho intramolecular Hbond substituents is 1. The zero-order valence-corrected chi connectivity index (χ0v) is 12.0. The number of nitrogens with one attached hydrogen (secondary N) is 1. The monoisotopic (exact) mass is 303 g/mol. The number of hydrogen-bond donors (Lipinski definition) is 3. The van der Waals surface area contributed by atoms with Crippen molar-refractivity contribution in [2.45, 2.75) is 18.9 Å². The molecule has 0 aliphatic heterocycles. The minimum Gasteiger partial charge on any atom is -0.507 e. The van der Waals surface area contributed by atoms with E-state index >= 15 is 0 Å². The van der Waals surface area contributed by atoms with Crippen LogP contribution >= 0.6 is 0 Å². The molecule has 0 saturated heterocycles. The smallest absolute Gasteiger partial charge is 0.255 e. The molecule has 0 aliphatic rings. The van der Waals surface area contributed by atoms with Gasteiger partial charge in [-0.25, -0.2) is 4.39 Å². The highest BCUT2D eigenvalue weighted by molar-refractivity contribution is 5.97. The zero-order valence-electron chi connectivity index (χ0n) is 12.0. The second-order valence-corrected chi connectivity index (χ2v) is 4.96. The van der Waals surface area contributed by atoms with E-state index in [4.69, 9.17) is 5.11 Å². The van der Waals surface area contributed by atoms with Crippen molar-refractivity contribution in [1.29, 1.82) is 0 Å². The average Bonchev–Trinajstić information content (AvgIpc) is 2.52. The molecule has 0 spiro atoms. The third-order valence-corrected chi connectivity index (χ3v) is 3.36. The first-order chi connectivity index (χ1) is 10.6. The van der Waals surface area contributed by atoms with Gasteiger partial charge in [0.25, 0.3) is 5.91 Å². The lowest BCUT2D eigenvalue weighted by Gasteiger charge is -2.19. The molecule has 4 nitrogen and oxygen atoms in total. The molecule has 0 heterocycles. The van der Waals surface area contributed by atoms with Crippen LogP contribution in [0.15, 0.2) is 48.5 Å². The number of phenols is 1. The first kappa shape index (κ1) is 16.0. The summed E-state index contributed by atoms with van der Waals surface area (Å²) in [7, 11) is 0. The van der Waals surface area contributed by atoms with Crippen molar-refractivity contribution < 1.29 is 19.4 Å². The number of carbonyl (C=O) groups excluding carboxylic acids is 1. The summed E-state index contributed by atoms with van der Waals surface area (Å²) in [4.78, 5) is 12.3. The number of benzene rings is 2. The van der Waals surface area contributed by atoms with Gasteiger partial charge in [-0.05, 0) is 30.5 Å². The molecule has 0 radical (unpaired) electrons. The van der Waals surface area contributed by atoms with Crippen molar-refractivity contribution in [3.05, 3.63) is 65.5 Å². The average molecular weight is 303 g/mol. The standard InChI is InChI=1S/C17H18FNO3/c18-13-8-9-14(16(21)11-13)17(22)19-15(7-4-10-20)12-5-2-1-3-6-12/h1-3,5-6,8-9,11,15,20-21H,4,7,10H2,(H,19,22). The predicted molar refractivity (Wildman–Crippen MR) is 81.0 cm³/mol. The molecular formula is C17H18FNO3. The van der Waals surface area contributed by atoms with Gasteiger partial charge in [0, 0.05) is 12.7 Å². The summed E-state index contributed by atoms with van der Waals surface area (Å²) >= 11 is 0. The van der Waals surface area contributed by atoms with Crippen LogP contribution in [0.4, 0.5) is 4.39 Å². The third kappa shape index (κ3) is 4.05. The molecule has 116 valence electrons. The number of aliphatic hydroxyl groups is 1. The van der Waals surface area contributed by atoms with E-state index in [1.807, 2.05) is 30.3 Å². The summed E-state index contributed by atoms with van der Waals surface area (Å²) in [5, 5.41) is 21.5. The molecule has 2 aromatic carbocycles. The molecule has 2 rings (SSSR count). The Hall–Kier alpha value is -2.40. The van der Waals surface area contributed by atoms with Gasteiger partial charge in [-0.1, -0.05) is 30.3 Å². The fraction of sp³-hybridized carbons (Fsp3) is 0.235. The second-order valence-electron chi connectivity index (χ2n) is 4.96. The topological polar surface area (TPSA) is 69.6 Å². The summed E-state index contributed by atoms with van der Waals surface area (Å²) in [6.45, 7) is 0.0288. The van der Waals surface area contributed by atoms with Crippen LogP contribution in [0.1, 0.15) is 34.8 Å². The van der Waals surface area contributed by atoms with Crippen molar-refractivity contribution in [2.75, 3.05) is 6.61 Å². The number of amides is 1. The van der Waals surface area contributed by atoms with Crippen LogP contribution < -0.4 is 5.32 Å². The van der Waals surface area contributed by atoms with Gasteiger partial charge >= 0.3 is 0 Å². The number of aromatic hydroxyl groups is 1. The molecule has 0 saturated carbocycles. The van der Waals surface area contributed by atoms with E-state index in [9.17, 15) is 14.3 Å².